The van der Waals surface area contributed by atoms with E-state index < -0.39 is 5.97 Å². The standard InChI is InChI=1S/C15H20N2O4/c1-20-15(19)11-4-2-5-12(8-11)16-10-14(18)17-9-13-6-3-7-21-13/h2,4-5,8,13,16H,3,6-7,9-10H2,1H3,(H,17,18). The van der Waals surface area contributed by atoms with Crippen molar-refractivity contribution in [1.29, 1.82) is 0 Å². The SMILES string of the molecule is COC(=O)c1cccc(NCC(=O)NCC2CCCO2)c1. The molecule has 1 amide bonds. The third-order valence-electron chi connectivity index (χ3n) is 3.29. The molecule has 0 radical (unpaired) electrons. The Balaban J connectivity index is 1.76. The van der Waals surface area contributed by atoms with E-state index in [9.17, 15) is 9.59 Å². The molecular formula is C15H20N2O4. The van der Waals surface area contributed by atoms with E-state index in [2.05, 4.69) is 15.4 Å². The molecule has 1 atom stereocenters. The van der Waals surface area contributed by atoms with Crippen LogP contribution in [0.4, 0.5) is 5.69 Å². The molecule has 0 aromatic heterocycles. The van der Waals surface area contributed by atoms with Gasteiger partial charge in [0.25, 0.3) is 0 Å². The Morgan fingerprint density at radius 3 is 3.00 bits per heavy atom. The van der Waals surface area contributed by atoms with Crippen LogP contribution in [0.3, 0.4) is 0 Å². The van der Waals surface area contributed by atoms with Gasteiger partial charge < -0.3 is 20.1 Å². The van der Waals surface area contributed by atoms with Crippen molar-refractivity contribution in [3.8, 4) is 0 Å². The van der Waals surface area contributed by atoms with Gasteiger partial charge in [-0.25, -0.2) is 4.79 Å². The lowest BCUT2D eigenvalue weighted by Gasteiger charge is -2.12. The molecule has 1 aromatic rings. The summed E-state index contributed by atoms with van der Waals surface area (Å²) in [7, 11) is 1.33. The Morgan fingerprint density at radius 1 is 1.43 bits per heavy atom. The second-order valence-corrected chi connectivity index (χ2v) is 4.87. The molecule has 114 valence electrons. The molecule has 0 saturated carbocycles. The number of rotatable bonds is 6. The predicted octanol–water partition coefficient (Wildman–Crippen LogP) is 1.18. The van der Waals surface area contributed by atoms with Gasteiger partial charge in [0.2, 0.25) is 5.91 Å². The lowest BCUT2D eigenvalue weighted by molar-refractivity contribution is -0.119. The Morgan fingerprint density at radius 2 is 2.29 bits per heavy atom. The Kier molecular flexibility index (Phi) is 5.57. The highest BCUT2D eigenvalue weighted by molar-refractivity contribution is 5.90. The molecule has 2 N–H and O–H groups in total. The Hall–Kier alpha value is -2.08. The van der Waals surface area contributed by atoms with E-state index in [1.807, 2.05) is 0 Å². The monoisotopic (exact) mass is 292 g/mol. The lowest BCUT2D eigenvalue weighted by atomic mass is 10.2. The third-order valence-corrected chi connectivity index (χ3v) is 3.29. The summed E-state index contributed by atoms with van der Waals surface area (Å²) in [5, 5.41) is 5.80. The van der Waals surface area contributed by atoms with E-state index in [1.54, 1.807) is 24.3 Å². The summed E-state index contributed by atoms with van der Waals surface area (Å²) >= 11 is 0. The van der Waals surface area contributed by atoms with Gasteiger partial charge in [0, 0.05) is 18.8 Å². The van der Waals surface area contributed by atoms with Crippen molar-refractivity contribution in [2.45, 2.75) is 18.9 Å². The summed E-state index contributed by atoms with van der Waals surface area (Å²) in [5.74, 6) is -0.504. The molecule has 1 fully saturated rings. The van der Waals surface area contributed by atoms with Crippen LogP contribution < -0.4 is 10.6 Å². The van der Waals surface area contributed by atoms with E-state index in [0.29, 0.717) is 17.8 Å². The molecule has 0 spiro atoms. The topological polar surface area (TPSA) is 76.7 Å². The minimum absolute atomic E-state index is 0.103. The van der Waals surface area contributed by atoms with Gasteiger partial charge in [-0.3, -0.25) is 4.79 Å². The van der Waals surface area contributed by atoms with Crippen molar-refractivity contribution in [2.24, 2.45) is 0 Å². The molecule has 1 saturated heterocycles. The number of anilines is 1. The number of hydrogen-bond acceptors (Lipinski definition) is 5. The Labute approximate surface area is 123 Å². The van der Waals surface area contributed by atoms with Gasteiger partial charge in [0.1, 0.15) is 0 Å². The molecule has 1 aliphatic rings. The minimum Gasteiger partial charge on any atom is -0.465 e. The van der Waals surface area contributed by atoms with Crippen LogP contribution >= 0.6 is 0 Å². The van der Waals surface area contributed by atoms with E-state index in [4.69, 9.17) is 4.74 Å². The molecular weight excluding hydrogens is 272 g/mol. The molecule has 1 aromatic carbocycles. The zero-order valence-corrected chi connectivity index (χ0v) is 12.1. The minimum atomic E-state index is -0.401. The summed E-state index contributed by atoms with van der Waals surface area (Å²) in [4.78, 5) is 23.1. The van der Waals surface area contributed by atoms with Crippen molar-refractivity contribution in [3.05, 3.63) is 29.8 Å². The number of methoxy groups -OCH3 is 1. The third kappa shape index (κ3) is 4.75. The first kappa shape index (κ1) is 15.3. The smallest absolute Gasteiger partial charge is 0.337 e. The van der Waals surface area contributed by atoms with Crippen LogP contribution in [0.1, 0.15) is 23.2 Å². The zero-order valence-electron chi connectivity index (χ0n) is 12.1. The number of carbonyl (C=O) groups excluding carboxylic acids is 2. The summed E-state index contributed by atoms with van der Waals surface area (Å²) in [6.07, 6.45) is 2.19. The quantitative estimate of drug-likeness (QED) is 0.770. The Bertz CT molecular complexity index is 498. The van der Waals surface area contributed by atoms with Gasteiger partial charge >= 0.3 is 5.97 Å². The van der Waals surface area contributed by atoms with E-state index >= 15 is 0 Å². The van der Waals surface area contributed by atoms with Crippen LogP contribution in [0.25, 0.3) is 0 Å². The fourth-order valence-electron chi connectivity index (χ4n) is 2.15. The van der Waals surface area contributed by atoms with Crippen LogP contribution in [0.2, 0.25) is 0 Å². The van der Waals surface area contributed by atoms with Gasteiger partial charge in [0.15, 0.2) is 0 Å². The summed E-state index contributed by atoms with van der Waals surface area (Å²) < 4.78 is 10.1. The summed E-state index contributed by atoms with van der Waals surface area (Å²) in [6.45, 7) is 1.47. The van der Waals surface area contributed by atoms with Crippen molar-refractivity contribution < 1.29 is 19.1 Å². The highest BCUT2D eigenvalue weighted by Crippen LogP contribution is 2.12. The maximum atomic E-state index is 11.7. The predicted molar refractivity (Wildman–Crippen MR) is 78.3 cm³/mol. The van der Waals surface area contributed by atoms with Crippen molar-refractivity contribution in [2.75, 3.05) is 32.1 Å². The second-order valence-electron chi connectivity index (χ2n) is 4.87. The van der Waals surface area contributed by atoms with Crippen molar-refractivity contribution in [3.63, 3.8) is 0 Å². The molecule has 6 nitrogen and oxygen atoms in total. The first-order chi connectivity index (χ1) is 10.2. The number of nitrogens with one attached hydrogen (secondary N) is 2. The van der Waals surface area contributed by atoms with Gasteiger partial charge in [0.05, 0.1) is 25.3 Å². The zero-order chi connectivity index (χ0) is 15.1. The molecule has 0 bridgehead atoms. The molecule has 1 aliphatic heterocycles. The number of carbonyl (C=O) groups is 2. The molecule has 2 rings (SSSR count). The normalized spacial score (nSPS) is 17.3. The second kappa shape index (κ2) is 7.64. The van der Waals surface area contributed by atoms with Gasteiger partial charge in [-0.05, 0) is 31.0 Å². The summed E-state index contributed by atoms with van der Waals surface area (Å²) in [5.41, 5.74) is 1.15. The van der Waals surface area contributed by atoms with Crippen LogP contribution in [-0.2, 0) is 14.3 Å². The van der Waals surface area contributed by atoms with E-state index in [-0.39, 0.29) is 18.6 Å². The average Bonchev–Trinajstić information content (AvgIpc) is 3.04. The molecule has 1 heterocycles. The average molecular weight is 292 g/mol. The number of ether oxygens (including phenoxy) is 2. The number of benzene rings is 1. The highest BCUT2D eigenvalue weighted by Gasteiger charge is 2.16. The largest absolute Gasteiger partial charge is 0.465 e. The fourth-order valence-corrected chi connectivity index (χ4v) is 2.15. The molecule has 1 unspecified atom stereocenters. The highest BCUT2D eigenvalue weighted by atomic mass is 16.5. The van der Waals surface area contributed by atoms with Gasteiger partial charge in [-0.15, -0.1) is 0 Å². The first-order valence-corrected chi connectivity index (χ1v) is 6.99. The first-order valence-electron chi connectivity index (χ1n) is 6.99. The summed E-state index contributed by atoms with van der Waals surface area (Å²) in [6, 6.07) is 6.84. The maximum Gasteiger partial charge on any atom is 0.337 e. The van der Waals surface area contributed by atoms with Crippen LogP contribution in [-0.4, -0.2) is 44.8 Å². The van der Waals surface area contributed by atoms with Crippen molar-refractivity contribution in [1.82, 2.24) is 5.32 Å². The molecule has 21 heavy (non-hydrogen) atoms. The molecule has 6 heteroatoms. The lowest BCUT2D eigenvalue weighted by Crippen LogP contribution is -2.35. The number of amides is 1. The van der Waals surface area contributed by atoms with Crippen LogP contribution in [0, 0.1) is 0 Å². The van der Waals surface area contributed by atoms with Crippen LogP contribution in [0.5, 0.6) is 0 Å². The molecule has 0 aliphatic carbocycles. The van der Waals surface area contributed by atoms with Gasteiger partial charge in [-0.2, -0.15) is 0 Å². The van der Waals surface area contributed by atoms with Crippen LogP contribution in [0.15, 0.2) is 24.3 Å². The van der Waals surface area contributed by atoms with E-state index in [1.165, 1.54) is 7.11 Å². The number of hydrogen-bond donors (Lipinski definition) is 2. The number of esters is 1. The van der Waals surface area contributed by atoms with E-state index in [0.717, 1.165) is 19.4 Å². The van der Waals surface area contributed by atoms with Crippen molar-refractivity contribution >= 4 is 17.6 Å². The maximum absolute atomic E-state index is 11.7. The fraction of sp³-hybridized carbons (Fsp3) is 0.467. The van der Waals surface area contributed by atoms with Gasteiger partial charge in [-0.1, -0.05) is 6.07 Å².